The van der Waals surface area contributed by atoms with E-state index in [2.05, 4.69) is 10.5 Å². The van der Waals surface area contributed by atoms with Gasteiger partial charge in [-0.25, -0.2) is 12.8 Å². The van der Waals surface area contributed by atoms with Crippen molar-refractivity contribution in [1.82, 2.24) is 5.16 Å². The number of carbonyl (C=O) groups is 1. The number of carbonyl (C=O) groups excluding carboxylic acids is 1. The number of aryl methyl sites for hydroxylation is 2. The number of nitrogens with zero attached hydrogens (tertiary/aromatic N) is 2. The fourth-order valence-electron chi connectivity index (χ4n) is 3.19. The van der Waals surface area contributed by atoms with E-state index >= 15 is 0 Å². The van der Waals surface area contributed by atoms with Gasteiger partial charge in [0.05, 0.1) is 5.69 Å². The average Bonchev–Trinajstić information content (AvgIpc) is 3.05. The molecule has 3 rings (SSSR count). The maximum absolute atomic E-state index is 13.5. The number of amides is 1. The molecule has 164 valence electrons. The number of hydrogen-bond acceptors (Lipinski definition) is 5. The Morgan fingerprint density at radius 3 is 2.39 bits per heavy atom. The van der Waals surface area contributed by atoms with E-state index in [0.29, 0.717) is 5.69 Å². The van der Waals surface area contributed by atoms with E-state index < -0.39 is 28.3 Å². The molecule has 0 aliphatic heterocycles. The van der Waals surface area contributed by atoms with Crippen molar-refractivity contribution in [2.45, 2.75) is 38.5 Å². The first-order chi connectivity index (χ1) is 14.6. The van der Waals surface area contributed by atoms with Gasteiger partial charge in [-0.1, -0.05) is 37.2 Å². The molecule has 0 radical (unpaired) electrons. The number of hydrogen-bond donors (Lipinski definition) is 1. The van der Waals surface area contributed by atoms with E-state index in [1.807, 2.05) is 26.0 Å². The smallest absolute Gasteiger partial charge is 0.270 e. The summed E-state index contributed by atoms with van der Waals surface area (Å²) in [4.78, 5) is 12.6. The molecule has 7 nitrogen and oxygen atoms in total. The molecule has 2 aromatic carbocycles. The van der Waals surface area contributed by atoms with Gasteiger partial charge in [0.2, 0.25) is 5.91 Å². The van der Waals surface area contributed by atoms with E-state index in [1.165, 1.54) is 32.0 Å². The molecule has 0 spiro atoms. The highest BCUT2D eigenvalue weighted by molar-refractivity contribution is 7.93. The van der Waals surface area contributed by atoms with Crippen LogP contribution in [0, 0.1) is 19.7 Å². The van der Waals surface area contributed by atoms with Gasteiger partial charge in [0, 0.05) is 5.69 Å². The van der Waals surface area contributed by atoms with Gasteiger partial charge in [-0.05, 0) is 55.7 Å². The molecule has 31 heavy (non-hydrogen) atoms. The minimum atomic E-state index is -4.16. The molecule has 0 aliphatic rings. The lowest BCUT2D eigenvalue weighted by molar-refractivity contribution is -0.114. The predicted molar refractivity (Wildman–Crippen MR) is 116 cm³/mol. The van der Waals surface area contributed by atoms with Crippen LogP contribution in [0.2, 0.25) is 0 Å². The summed E-state index contributed by atoms with van der Waals surface area (Å²) in [7, 11) is -4.16. The Morgan fingerprint density at radius 2 is 1.84 bits per heavy atom. The van der Waals surface area contributed by atoms with Gasteiger partial charge in [0.25, 0.3) is 10.0 Å². The Bertz CT molecular complexity index is 1170. The van der Waals surface area contributed by atoms with Gasteiger partial charge < -0.3 is 9.84 Å². The maximum atomic E-state index is 13.5. The molecule has 1 aromatic heterocycles. The SMILES string of the molecule is Cc1noc(C)c1S(=O)(=O)N(CC(=O)Nc1cccc(F)c1)c1ccc(C(C)C)cc1. The van der Waals surface area contributed by atoms with E-state index in [1.54, 1.807) is 12.1 Å². The van der Waals surface area contributed by atoms with Crippen LogP contribution in [0.15, 0.2) is 57.9 Å². The van der Waals surface area contributed by atoms with E-state index in [0.717, 1.165) is 15.9 Å². The molecule has 0 aliphatic carbocycles. The highest BCUT2D eigenvalue weighted by Crippen LogP contribution is 2.29. The summed E-state index contributed by atoms with van der Waals surface area (Å²) in [6.45, 7) is 6.57. The average molecular weight is 446 g/mol. The number of sulfonamides is 1. The van der Waals surface area contributed by atoms with Crippen molar-refractivity contribution < 1.29 is 22.1 Å². The highest BCUT2D eigenvalue weighted by Gasteiger charge is 2.33. The van der Waals surface area contributed by atoms with Crippen molar-refractivity contribution in [2.75, 3.05) is 16.2 Å². The number of rotatable bonds is 7. The molecule has 3 aromatic rings. The van der Waals surface area contributed by atoms with Gasteiger partial charge >= 0.3 is 0 Å². The van der Waals surface area contributed by atoms with Crippen molar-refractivity contribution in [1.29, 1.82) is 0 Å². The zero-order chi connectivity index (χ0) is 22.8. The van der Waals surface area contributed by atoms with E-state index in [-0.39, 0.29) is 28.0 Å². The Morgan fingerprint density at radius 1 is 1.16 bits per heavy atom. The van der Waals surface area contributed by atoms with Crippen molar-refractivity contribution >= 4 is 27.3 Å². The van der Waals surface area contributed by atoms with Crippen LogP contribution in [0.5, 0.6) is 0 Å². The van der Waals surface area contributed by atoms with Crippen molar-refractivity contribution in [3.63, 3.8) is 0 Å². The Labute approximate surface area is 180 Å². The summed E-state index contributed by atoms with van der Waals surface area (Å²) >= 11 is 0. The van der Waals surface area contributed by atoms with Crippen LogP contribution in [0.4, 0.5) is 15.8 Å². The number of benzene rings is 2. The van der Waals surface area contributed by atoms with E-state index in [4.69, 9.17) is 4.52 Å². The van der Waals surface area contributed by atoms with Crippen LogP contribution in [-0.2, 0) is 14.8 Å². The molecule has 1 amide bonds. The second kappa shape index (κ2) is 8.89. The van der Waals surface area contributed by atoms with Crippen LogP contribution in [0.1, 0.15) is 36.8 Å². The molecular weight excluding hydrogens is 421 g/mol. The summed E-state index contributed by atoms with van der Waals surface area (Å²) in [6, 6.07) is 12.3. The third kappa shape index (κ3) is 4.93. The van der Waals surface area contributed by atoms with Crippen molar-refractivity contribution in [2.24, 2.45) is 0 Å². The zero-order valence-electron chi connectivity index (χ0n) is 17.7. The lowest BCUT2D eigenvalue weighted by Gasteiger charge is -2.24. The molecule has 0 saturated heterocycles. The number of nitrogens with one attached hydrogen (secondary N) is 1. The van der Waals surface area contributed by atoms with Gasteiger partial charge in [0.15, 0.2) is 10.7 Å². The largest absolute Gasteiger partial charge is 0.360 e. The van der Waals surface area contributed by atoms with Gasteiger partial charge in [-0.3, -0.25) is 9.10 Å². The normalized spacial score (nSPS) is 11.5. The van der Waals surface area contributed by atoms with Crippen LogP contribution in [0.3, 0.4) is 0 Å². The zero-order valence-corrected chi connectivity index (χ0v) is 18.5. The predicted octanol–water partition coefficient (Wildman–Crippen LogP) is 4.39. The Balaban J connectivity index is 1.99. The number of halogens is 1. The quantitative estimate of drug-likeness (QED) is 0.582. The second-order valence-electron chi connectivity index (χ2n) is 7.47. The van der Waals surface area contributed by atoms with Crippen molar-refractivity contribution in [3.05, 3.63) is 71.4 Å². The molecule has 0 unspecified atom stereocenters. The summed E-state index contributed by atoms with van der Waals surface area (Å²) in [5.41, 5.74) is 1.78. The first kappa shape index (κ1) is 22.5. The molecule has 0 saturated carbocycles. The van der Waals surface area contributed by atoms with Crippen LogP contribution >= 0.6 is 0 Å². The summed E-state index contributed by atoms with van der Waals surface area (Å²) in [6.07, 6.45) is 0. The molecule has 1 heterocycles. The lowest BCUT2D eigenvalue weighted by Crippen LogP contribution is -2.38. The Kier molecular flexibility index (Phi) is 6.45. The second-order valence-corrected chi connectivity index (χ2v) is 9.27. The fraction of sp³-hybridized carbons (Fsp3) is 0.273. The van der Waals surface area contributed by atoms with Crippen LogP contribution in [0.25, 0.3) is 0 Å². The third-order valence-electron chi connectivity index (χ3n) is 4.76. The number of aromatic nitrogens is 1. The molecule has 1 N–H and O–H groups in total. The minimum Gasteiger partial charge on any atom is -0.360 e. The molecule has 0 bridgehead atoms. The molecule has 0 fully saturated rings. The van der Waals surface area contributed by atoms with Crippen LogP contribution < -0.4 is 9.62 Å². The molecular formula is C22H24FN3O4S. The number of anilines is 2. The Hall–Kier alpha value is -3.20. The monoisotopic (exact) mass is 445 g/mol. The summed E-state index contributed by atoms with van der Waals surface area (Å²) < 4.78 is 46.4. The lowest BCUT2D eigenvalue weighted by atomic mass is 10.0. The first-order valence-electron chi connectivity index (χ1n) is 9.70. The van der Waals surface area contributed by atoms with E-state index in [9.17, 15) is 17.6 Å². The fourth-order valence-corrected chi connectivity index (χ4v) is 4.91. The minimum absolute atomic E-state index is 0.0843. The van der Waals surface area contributed by atoms with Gasteiger partial charge in [0.1, 0.15) is 18.1 Å². The van der Waals surface area contributed by atoms with Crippen molar-refractivity contribution in [3.8, 4) is 0 Å². The summed E-state index contributed by atoms with van der Waals surface area (Å²) in [5, 5.41) is 6.26. The third-order valence-corrected chi connectivity index (χ3v) is 6.78. The van der Waals surface area contributed by atoms with Gasteiger partial charge in [-0.15, -0.1) is 0 Å². The maximum Gasteiger partial charge on any atom is 0.270 e. The van der Waals surface area contributed by atoms with Crippen LogP contribution in [-0.4, -0.2) is 26.0 Å². The topological polar surface area (TPSA) is 92.5 Å². The van der Waals surface area contributed by atoms with Gasteiger partial charge in [-0.2, -0.15) is 0 Å². The first-order valence-corrected chi connectivity index (χ1v) is 11.1. The summed E-state index contributed by atoms with van der Waals surface area (Å²) in [5.74, 6) is -0.735. The highest BCUT2D eigenvalue weighted by atomic mass is 32.2. The molecule has 0 atom stereocenters. The standard InChI is InChI=1S/C22H24FN3O4S/c1-14(2)17-8-10-20(11-9-17)26(31(28,29)22-15(3)25-30-16(22)4)13-21(27)24-19-7-5-6-18(23)12-19/h5-12,14H,13H2,1-4H3,(H,24,27). The molecule has 9 heteroatoms.